The number of benzene rings is 1. The molecule has 3 nitrogen and oxygen atoms in total. The summed E-state index contributed by atoms with van der Waals surface area (Å²) < 4.78 is 8.14. The summed E-state index contributed by atoms with van der Waals surface area (Å²) in [4.78, 5) is 4.43. The third-order valence-electron chi connectivity index (χ3n) is 3.62. The second-order valence-electron chi connectivity index (χ2n) is 5.38. The quantitative estimate of drug-likeness (QED) is 0.708. The average Bonchev–Trinajstić information content (AvgIpc) is 2.72. The Kier molecular flexibility index (Phi) is 3.13. The van der Waals surface area contributed by atoms with E-state index in [1.165, 1.54) is 21.8 Å². The lowest BCUT2D eigenvalue weighted by Crippen LogP contribution is -2.05. The summed E-state index contributed by atoms with van der Waals surface area (Å²) in [6.45, 7) is 9.26. The highest BCUT2D eigenvalue weighted by Gasteiger charge is 2.13. The van der Waals surface area contributed by atoms with Crippen molar-refractivity contribution in [2.75, 3.05) is 0 Å². The molecule has 3 rings (SSSR count). The molecule has 20 heavy (non-hydrogen) atoms. The summed E-state index contributed by atoms with van der Waals surface area (Å²) in [6, 6.07) is 8.44. The van der Waals surface area contributed by atoms with Crippen LogP contribution < -0.4 is 4.74 Å². The minimum Gasteiger partial charge on any atom is -0.491 e. The Balaban J connectivity index is 2.34. The van der Waals surface area contributed by atoms with E-state index in [4.69, 9.17) is 4.74 Å². The number of aryl methyl sites for hydroxylation is 2. The van der Waals surface area contributed by atoms with Crippen molar-refractivity contribution in [3.8, 4) is 5.75 Å². The van der Waals surface area contributed by atoms with Gasteiger partial charge in [-0.25, -0.2) is 0 Å². The Bertz CT molecular complexity index is 771. The number of nitrogens with zero attached hydrogens (tertiary/aromatic N) is 2. The highest BCUT2D eigenvalue weighted by atomic mass is 16.5. The van der Waals surface area contributed by atoms with E-state index in [9.17, 15) is 0 Å². The zero-order valence-electron chi connectivity index (χ0n) is 12.5. The maximum absolute atomic E-state index is 5.82. The van der Waals surface area contributed by atoms with Gasteiger partial charge in [0.25, 0.3) is 0 Å². The first kappa shape index (κ1) is 13.0. The van der Waals surface area contributed by atoms with Gasteiger partial charge in [-0.15, -0.1) is 0 Å². The fourth-order valence-corrected chi connectivity index (χ4v) is 2.87. The molecule has 104 valence electrons. The van der Waals surface area contributed by atoms with Gasteiger partial charge in [0.2, 0.25) is 0 Å². The molecule has 3 aromatic rings. The molecule has 1 aromatic carbocycles. The first-order valence-electron chi connectivity index (χ1n) is 7.16. The molecule has 0 amide bonds. The molecule has 0 aliphatic heterocycles. The molecule has 0 saturated carbocycles. The van der Waals surface area contributed by atoms with Crippen LogP contribution in [0.5, 0.6) is 5.75 Å². The highest BCUT2D eigenvalue weighted by molar-refractivity contribution is 6.08. The van der Waals surface area contributed by atoms with Crippen molar-refractivity contribution >= 4 is 21.8 Å². The molecule has 2 aromatic heterocycles. The Morgan fingerprint density at radius 1 is 1.20 bits per heavy atom. The third kappa shape index (κ3) is 1.94. The maximum atomic E-state index is 5.82. The van der Waals surface area contributed by atoms with Crippen molar-refractivity contribution < 1.29 is 4.74 Å². The fourth-order valence-electron chi connectivity index (χ4n) is 2.87. The standard InChI is InChI=1S/C17H20N2O/c1-5-19-16-10-13(20-11(2)3)6-7-14(16)15-8-9-18-12(4)17(15)19/h6-11H,5H2,1-4H3. The van der Waals surface area contributed by atoms with Gasteiger partial charge < -0.3 is 9.30 Å². The molecule has 3 heteroatoms. The summed E-state index contributed by atoms with van der Waals surface area (Å²) in [5.41, 5.74) is 3.52. The number of aromatic nitrogens is 2. The average molecular weight is 268 g/mol. The van der Waals surface area contributed by atoms with E-state index >= 15 is 0 Å². The fraction of sp³-hybridized carbons (Fsp3) is 0.353. The van der Waals surface area contributed by atoms with Gasteiger partial charge in [-0.1, -0.05) is 0 Å². The Morgan fingerprint density at radius 2 is 2.00 bits per heavy atom. The smallest absolute Gasteiger partial charge is 0.121 e. The number of ether oxygens (including phenoxy) is 1. The van der Waals surface area contributed by atoms with Gasteiger partial charge in [-0.2, -0.15) is 0 Å². The zero-order chi connectivity index (χ0) is 14.3. The molecule has 0 radical (unpaired) electrons. The summed E-state index contributed by atoms with van der Waals surface area (Å²) in [5.74, 6) is 0.926. The van der Waals surface area contributed by atoms with E-state index in [2.05, 4.69) is 47.7 Å². The van der Waals surface area contributed by atoms with Crippen LogP contribution in [0.2, 0.25) is 0 Å². The summed E-state index contributed by atoms with van der Waals surface area (Å²) in [5, 5.41) is 2.54. The van der Waals surface area contributed by atoms with Gasteiger partial charge in [0, 0.05) is 29.6 Å². The van der Waals surface area contributed by atoms with Crippen LogP contribution in [0, 0.1) is 6.92 Å². The van der Waals surface area contributed by atoms with Crippen LogP contribution in [0.25, 0.3) is 21.8 Å². The van der Waals surface area contributed by atoms with Crippen LogP contribution in [0.3, 0.4) is 0 Å². The molecule has 0 aliphatic rings. The number of hydrogen-bond donors (Lipinski definition) is 0. The van der Waals surface area contributed by atoms with Crippen LogP contribution in [0.4, 0.5) is 0 Å². The van der Waals surface area contributed by atoms with Crippen molar-refractivity contribution in [3.05, 3.63) is 36.2 Å². The van der Waals surface area contributed by atoms with Crippen molar-refractivity contribution in [1.29, 1.82) is 0 Å². The van der Waals surface area contributed by atoms with Crippen molar-refractivity contribution in [2.24, 2.45) is 0 Å². The molecule has 0 unspecified atom stereocenters. The third-order valence-corrected chi connectivity index (χ3v) is 3.62. The second-order valence-corrected chi connectivity index (χ2v) is 5.38. The Hall–Kier alpha value is -2.03. The van der Waals surface area contributed by atoms with Crippen molar-refractivity contribution in [3.63, 3.8) is 0 Å². The predicted molar refractivity (Wildman–Crippen MR) is 83.4 cm³/mol. The van der Waals surface area contributed by atoms with E-state index in [0.29, 0.717) is 0 Å². The lowest BCUT2D eigenvalue weighted by atomic mass is 10.1. The first-order chi connectivity index (χ1) is 9.61. The van der Waals surface area contributed by atoms with E-state index in [0.717, 1.165) is 18.0 Å². The number of fused-ring (bicyclic) bond motifs is 3. The van der Waals surface area contributed by atoms with Gasteiger partial charge in [0.15, 0.2) is 0 Å². The maximum Gasteiger partial charge on any atom is 0.121 e. The van der Waals surface area contributed by atoms with E-state index < -0.39 is 0 Å². The van der Waals surface area contributed by atoms with Crippen LogP contribution >= 0.6 is 0 Å². The zero-order valence-corrected chi connectivity index (χ0v) is 12.5. The summed E-state index contributed by atoms with van der Waals surface area (Å²) >= 11 is 0. The molecular weight excluding hydrogens is 248 g/mol. The molecule has 0 fully saturated rings. The molecule has 0 N–H and O–H groups in total. The first-order valence-corrected chi connectivity index (χ1v) is 7.16. The SMILES string of the molecule is CCn1c2cc(OC(C)C)ccc2c2ccnc(C)c21. The van der Waals surface area contributed by atoms with E-state index in [1.54, 1.807) is 0 Å². The topological polar surface area (TPSA) is 27.1 Å². The van der Waals surface area contributed by atoms with Crippen LogP contribution in [-0.4, -0.2) is 15.7 Å². The van der Waals surface area contributed by atoms with Crippen LogP contribution in [0.15, 0.2) is 30.5 Å². The lowest BCUT2D eigenvalue weighted by Gasteiger charge is -2.10. The van der Waals surface area contributed by atoms with Gasteiger partial charge in [0.05, 0.1) is 22.8 Å². The largest absolute Gasteiger partial charge is 0.491 e. The van der Waals surface area contributed by atoms with Crippen LogP contribution in [0.1, 0.15) is 26.5 Å². The predicted octanol–water partition coefficient (Wildman–Crippen LogP) is 4.31. The van der Waals surface area contributed by atoms with E-state index in [1.807, 2.05) is 20.0 Å². The van der Waals surface area contributed by atoms with Crippen molar-refractivity contribution in [2.45, 2.75) is 40.3 Å². The van der Waals surface area contributed by atoms with Gasteiger partial charge >= 0.3 is 0 Å². The Morgan fingerprint density at radius 3 is 2.70 bits per heavy atom. The van der Waals surface area contributed by atoms with Crippen molar-refractivity contribution in [1.82, 2.24) is 9.55 Å². The molecular formula is C17H20N2O. The normalized spacial score (nSPS) is 11.7. The molecule has 0 saturated heterocycles. The minimum absolute atomic E-state index is 0.190. The summed E-state index contributed by atoms with van der Waals surface area (Å²) in [7, 11) is 0. The number of pyridine rings is 1. The minimum atomic E-state index is 0.190. The van der Waals surface area contributed by atoms with Gasteiger partial charge in [-0.3, -0.25) is 4.98 Å². The molecule has 2 heterocycles. The van der Waals surface area contributed by atoms with Crippen LogP contribution in [-0.2, 0) is 6.54 Å². The highest BCUT2D eigenvalue weighted by Crippen LogP contribution is 2.32. The van der Waals surface area contributed by atoms with Gasteiger partial charge in [0.1, 0.15) is 5.75 Å². The molecule has 0 bridgehead atoms. The van der Waals surface area contributed by atoms with Gasteiger partial charge in [-0.05, 0) is 45.9 Å². The molecule has 0 atom stereocenters. The number of hydrogen-bond acceptors (Lipinski definition) is 2. The molecule has 0 spiro atoms. The summed E-state index contributed by atoms with van der Waals surface area (Å²) in [6.07, 6.45) is 2.07. The second kappa shape index (κ2) is 4.82. The monoisotopic (exact) mass is 268 g/mol. The lowest BCUT2D eigenvalue weighted by molar-refractivity contribution is 0.242. The van der Waals surface area contributed by atoms with E-state index in [-0.39, 0.29) is 6.10 Å². The Labute approximate surface area is 119 Å². The molecule has 0 aliphatic carbocycles. The number of rotatable bonds is 3.